The average Bonchev–Trinajstić information content (AvgIpc) is 2.43. The van der Waals surface area contributed by atoms with E-state index in [1.807, 2.05) is 6.92 Å². The van der Waals surface area contributed by atoms with Gasteiger partial charge in [0.25, 0.3) is 15.7 Å². The van der Waals surface area contributed by atoms with Crippen molar-refractivity contribution >= 4 is 15.7 Å². The quantitative estimate of drug-likeness (QED) is 0.438. The summed E-state index contributed by atoms with van der Waals surface area (Å²) in [6.45, 7) is 2.06. The molecule has 1 rings (SSSR count). The standard InChI is InChI=1S/C13H16N2O4S/c1-3-5-11-14(10-4-2)20(18,19)13-9-7-6-8-12(13)15(16)17/h2,6-9H,3,5,10-11H2,1H3. The molecule has 1 aromatic carbocycles. The molecule has 0 aliphatic heterocycles. The van der Waals surface area contributed by atoms with Gasteiger partial charge in [-0.05, 0) is 12.5 Å². The molecular formula is C13H16N2O4S. The lowest BCUT2D eigenvalue weighted by molar-refractivity contribution is -0.387. The lowest BCUT2D eigenvalue weighted by atomic mass is 10.3. The molecule has 0 unspecified atom stereocenters. The van der Waals surface area contributed by atoms with E-state index in [2.05, 4.69) is 5.92 Å². The Morgan fingerprint density at radius 3 is 2.60 bits per heavy atom. The predicted octanol–water partition coefficient (Wildman–Crippen LogP) is 2.02. The van der Waals surface area contributed by atoms with Gasteiger partial charge >= 0.3 is 0 Å². The number of nitro benzene ring substituents is 1. The fourth-order valence-electron chi connectivity index (χ4n) is 1.69. The minimum Gasteiger partial charge on any atom is -0.258 e. The maximum atomic E-state index is 12.5. The maximum absolute atomic E-state index is 12.5. The molecule has 0 atom stereocenters. The second-order valence-corrected chi connectivity index (χ2v) is 6.03. The van der Waals surface area contributed by atoms with Crippen LogP contribution in [-0.4, -0.2) is 30.7 Å². The second-order valence-electron chi connectivity index (χ2n) is 4.12. The number of terminal acetylenes is 1. The molecule has 0 spiro atoms. The monoisotopic (exact) mass is 296 g/mol. The van der Waals surface area contributed by atoms with Crippen LogP contribution >= 0.6 is 0 Å². The molecule has 6 nitrogen and oxygen atoms in total. The number of unbranched alkanes of at least 4 members (excludes halogenated alkanes) is 1. The van der Waals surface area contributed by atoms with Gasteiger partial charge in [-0.25, -0.2) is 8.42 Å². The zero-order valence-corrected chi connectivity index (χ0v) is 12.0. The summed E-state index contributed by atoms with van der Waals surface area (Å²) in [5, 5.41) is 10.9. The van der Waals surface area contributed by atoms with Crippen LogP contribution in [0.25, 0.3) is 0 Å². The van der Waals surface area contributed by atoms with Crippen LogP contribution in [0.4, 0.5) is 5.69 Å². The molecule has 1 aromatic rings. The topological polar surface area (TPSA) is 80.5 Å². The number of hydrogen-bond donors (Lipinski definition) is 0. The Bertz CT molecular complexity index is 620. The Hall–Kier alpha value is -1.91. The van der Waals surface area contributed by atoms with E-state index in [9.17, 15) is 18.5 Å². The summed E-state index contributed by atoms with van der Waals surface area (Å²) in [6.07, 6.45) is 6.62. The minimum absolute atomic E-state index is 0.103. The molecule has 0 saturated carbocycles. The van der Waals surface area contributed by atoms with E-state index in [0.717, 1.165) is 10.7 Å². The summed E-state index contributed by atoms with van der Waals surface area (Å²) in [5.41, 5.74) is -0.439. The van der Waals surface area contributed by atoms with Gasteiger partial charge in [0.15, 0.2) is 4.90 Å². The minimum atomic E-state index is -3.96. The van der Waals surface area contributed by atoms with Crippen molar-refractivity contribution in [2.24, 2.45) is 0 Å². The van der Waals surface area contributed by atoms with Crippen LogP contribution < -0.4 is 0 Å². The van der Waals surface area contributed by atoms with Crippen LogP contribution in [0.15, 0.2) is 29.2 Å². The number of para-hydroxylation sites is 1. The summed E-state index contributed by atoms with van der Waals surface area (Å²) in [4.78, 5) is 9.91. The largest absolute Gasteiger partial charge is 0.289 e. The van der Waals surface area contributed by atoms with E-state index in [4.69, 9.17) is 6.42 Å². The van der Waals surface area contributed by atoms with Gasteiger partial charge in [-0.2, -0.15) is 4.31 Å². The van der Waals surface area contributed by atoms with Gasteiger partial charge in [0.2, 0.25) is 0 Å². The molecular weight excluding hydrogens is 280 g/mol. The number of benzene rings is 1. The molecule has 7 heteroatoms. The van der Waals surface area contributed by atoms with Crippen molar-refractivity contribution in [3.8, 4) is 12.3 Å². The Morgan fingerprint density at radius 1 is 1.40 bits per heavy atom. The molecule has 0 aliphatic carbocycles. The number of nitro groups is 1. The van der Waals surface area contributed by atoms with Crippen LogP contribution in [0.5, 0.6) is 0 Å². The molecule has 0 heterocycles. The molecule has 0 aliphatic rings. The van der Waals surface area contributed by atoms with E-state index in [1.54, 1.807) is 0 Å². The summed E-state index contributed by atoms with van der Waals surface area (Å²) in [6, 6.07) is 5.27. The van der Waals surface area contributed by atoms with Gasteiger partial charge in [-0.1, -0.05) is 31.4 Å². The Labute approximate surface area is 118 Å². The number of hydrogen-bond acceptors (Lipinski definition) is 4. The highest BCUT2D eigenvalue weighted by Gasteiger charge is 2.30. The van der Waals surface area contributed by atoms with Crippen LogP contribution in [0, 0.1) is 22.5 Å². The first kappa shape index (κ1) is 16.1. The molecule has 0 radical (unpaired) electrons. The highest BCUT2D eigenvalue weighted by atomic mass is 32.2. The third-order valence-electron chi connectivity index (χ3n) is 2.71. The van der Waals surface area contributed by atoms with Crippen LogP contribution in [0.2, 0.25) is 0 Å². The molecule has 0 aromatic heterocycles. The Kier molecular flexibility index (Phi) is 5.67. The summed E-state index contributed by atoms with van der Waals surface area (Å²) in [7, 11) is -3.96. The van der Waals surface area contributed by atoms with Gasteiger partial charge in [0, 0.05) is 12.6 Å². The van der Waals surface area contributed by atoms with Crippen molar-refractivity contribution in [1.29, 1.82) is 0 Å². The summed E-state index contributed by atoms with van der Waals surface area (Å²) >= 11 is 0. The van der Waals surface area contributed by atoms with Crippen molar-refractivity contribution in [2.75, 3.05) is 13.1 Å². The normalized spacial score (nSPS) is 11.2. The predicted molar refractivity (Wildman–Crippen MR) is 75.6 cm³/mol. The lowest BCUT2D eigenvalue weighted by Gasteiger charge is -2.19. The molecule has 108 valence electrons. The third-order valence-corrected chi connectivity index (χ3v) is 4.60. The van der Waals surface area contributed by atoms with Crippen molar-refractivity contribution in [2.45, 2.75) is 24.7 Å². The fraction of sp³-hybridized carbons (Fsp3) is 0.385. The van der Waals surface area contributed by atoms with E-state index in [-0.39, 0.29) is 18.0 Å². The van der Waals surface area contributed by atoms with E-state index < -0.39 is 20.6 Å². The van der Waals surface area contributed by atoms with Gasteiger partial charge in [-0.3, -0.25) is 10.1 Å². The third kappa shape index (κ3) is 3.56. The van der Waals surface area contributed by atoms with Crippen LogP contribution in [-0.2, 0) is 10.0 Å². The first-order valence-corrected chi connectivity index (χ1v) is 7.56. The van der Waals surface area contributed by atoms with Gasteiger partial charge in [-0.15, -0.1) is 6.42 Å². The van der Waals surface area contributed by atoms with Crippen LogP contribution in [0.1, 0.15) is 19.8 Å². The van der Waals surface area contributed by atoms with Crippen molar-refractivity contribution < 1.29 is 13.3 Å². The van der Waals surface area contributed by atoms with Crippen molar-refractivity contribution in [3.05, 3.63) is 34.4 Å². The van der Waals surface area contributed by atoms with Gasteiger partial charge < -0.3 is 0 Å². The molecule has 0 saturated heterocycles. The fourth-order valence-corrected chi connectivity index (χ4v) is 3.24. The maximum Gasteiger partial charge on any atom is 0.289 e. The Balaban J connectivity index is 3.26. The molecule has 0 fully saturated rings. The summed E-state index contributed by atoms with van der Waals surface area (Å²) < 4.78 is 26.1. The number of nitrogens with zero attached hydrogens (tertiary/aromatic N) is 2. The lowest BCUT2D eigenvalue weighted by Crippen LogP contribution is -2.32. The van der Waals surface area contributed by atoms with E-state index in [0.29, 0.717) is 6.42 Å². The molecule has 0 N–H and O–H groups in total. The number of sulfonamides is 1. The average molecular weight is 296 g/mol. The first-order chi connectivity index (χ1) is 9.45. The SMILES string of the molecule is C#CCN(CCCC)S(=O)(=O)c1ccccc1[N+](=O)[O-]. The van der Waals surface area contributed by atoms with E-state index >= 15 is 0 Å². The molecule has 20 heavy (non-hydrogen) atoms. The first-order valence-electron chi connectivity index (χ1n) is 6.12. The van der Waals surface area contributed by atoms with Gasteiger partial charge in [0.1, 0.15) is 0 Å². The van der Waals surface area contributed by atoms with Crippen LogP contribution in [0.3, 0.4) is 0 Å². The molecule has 0 bridgehead atoms. The second kappa shape index (κ2) is 7.03. The summed E-state index contributed by atoms with van der Waals surface area (Å²) in [5.74, 6) is 2.28. The Morgan fingerprint density at radius 2 is 2.05 bits per heavy atom. The van der Waals surface area contributed by atoms with Gasteiger partial charge in [0.05, 0.1) is 11.5 Å². The zero-order valence-electron chi connectivity index (χ0n) is 11.2. The smallest absolute Gasteiger partial charge is 0.258 e. The van der Waals surface area contributed by atoms with Crippen molar-refractivity contribution in [1.82, 2.24) is 4.31 Å². The van der Waals surface area contributed by atoms with E-state index in [1.165, 1.54) is 24.3 Å². The zero-order chi connectivity index (χ0) is 15.2. The highest BCUT2D eigenvalue weighted by molar-refractivity contribution is 7.89. The highest BCUT2D eigenvalue weighted by Crippen LogP contribution is 2.26. The number of rotatable bonds is 7. The molecule has 0 amide bonds. The van der Waals surface area contributed by atoms with Crippen molar-refractivity contribution in [3.63, 3.8) is 0 Å².